The third-order valence-corrected chi connectivity index (χ3v) is 4.22. The molecular weight excluding hydrogens is 280 g/mol. The first-order chi connectivity index (χ1) is 10.1. The fraction of sp³-hybridized carbons (Fsp3) is 0.412. The van der Waals surface area contributed by atoms with Gasteiger partial charge in [0.15, 0.2) is 0 Å². The van der Waals surface area contributed by atoms with E-state index in [1.165, 1.54) is 30.2 Å². The Bertz CT molecular complexity index is 589. The number of benzene rings is 1. The van der Waals surface area contributed by atoms with Crippen LogP contribution in [0.2, 0.25) is 0 Å². The zero-order valence-corrected chi connectivity index (χ0v) is 13.6. The molecule has 1 aliphatic rings. The van der Waals surface area contributed by atoms with Gasteiger partial charge in [-0.2, -0.15) is 0 Å². The molecule has 1 aromatic rings. The van der Waals surface area contributed by atoms with Gasteiger partial charge in [0.1, 0.15) is 5.75 Å². The van der Waals surface area contributed by atoms with E-state index < -0.39 is 0 Å². The Morgan fingerprint density at radius 1 is 1.43 bits per heavy atom. The highest BCUT2D eigenvalue weighted by molar-refractivity contribution is 7.80. The van der Waals surface area contributed by atoms with E-state index >= 15 is 0 Å². The average molecular weight is 302 g/mol. The van der Waals surface area contributed by atoms with Crippen molar-refractivity contribution in [3.63, 3.8) is 0 Å². The molecule has 0 atom stereocenters. The fourth-order valence-electron chi connectivity index (χ4n) is 2.44. The summed E-state index contributed by atoms with van der Waals surface area (Å²) in [5.74, 6) is 1.44. The van der Waals surface area contributed by atoms with E-state index in [2.05, 4.69) is 25.2 Å². The molecule has 3 nitrogen and oxygen atoms in total. The van der Waals surface area contributed by atoms with Crippen LogP contribution in [0, 0.1) is 25.2 Å². The first-order valence-corrected chi connectivity index (χ1v) is 7.60. The lowest BCUT2D eigenvalue weighted by Gasteiger charge is -2.14. The second-order valence-corrected chi connectivity index (χ2v) is 5.91. The highest BCUT2D eigenvalue weighted by atomic mass is 32.1. The van der Waals surface area contributed by atoms with E-state index in [9.17, 15) is 0 Å². The summed E-state index contributed by atoms with van der Waals surface area (Å²) in [6.07, 6.45) is 5.70. The molecule has 0 unspecified atom stereocenters. The van der Waals surface area contributed by atoms with Crippen LogP contribution >= 0.6 is 12.2 Å². The average Bonchev–Trinajstić information content (AvgIpc) is 3.29. The Kier molecular flexibility index (Phi) is 5.12. The summed E-state index contributed by atoms with van der Waals surface area (Å²) in [4.78, 5) is 0.696. The first-order valence-electron chi connectivity index (χ1n) is 7.19. The quantitative estimate of drug-likeness (QED) is 0.478. The standard InChI is InChI=1S/C17H22N2OS/c1-11-4-7-16(20-3)12(2)15(11)10-19-17(21)8-14(9-18)13-5-6-13/h4,7-9,13,18H,5-6,10H2,1-3H3,(H,19,21)/b14-8+,18-9?. The van der Waals surface area contributed by atoms with Gasteiger partial charge in [-0.05, 0) is 67.0 Å². The minimum absolute atomic E-state index is 0.544. The summed E-state index contributed by atoms with van der Waals surface area (Å²) in [6.45, 7) is 4.84. The molecule has 0 aromatic heterocycles. The number of ether oxygens (including phenoxy) is 1. The number of hydrogen-bond acceptors (Lipinski definition) is 3. The third-order valence-electron chi connectivity index (χ3n) is 3.96. The minimum atomic E-state index is 0.544. The highest BCUT2D eigenvalue weighted by Gasteiger charge is 2.24. The van der Waals surface area contributed by atoms with Crippen molar-refractivity contribution >= 4 is 23.4 Å². The molecule has 2 N–H and O–H groups in total. The lowest BCUT2D eigenvalue weighted by molar-refractivity contribution is 0.411. The number of hydrogen-bond donors (Lipinski definition) is 2. The van der Waals surface area contributed by atoms with E-state index in [1.807, 2.05) is 12.1 Å². The molecule has 0 bridgehead atoms. The van der Waals surface area contributed by atoms with E-state index in [1.54, 1.807) is 7.11 Å². The van der Waals surface area contributed by atoms with Crippen LogP contribution in [0.4, 0.5) is 0 Å². The maximum absolute atomic E-state index is 7.44. The Balaban J connectivity index is 2.06. The van der Waals surface area contributed by atoms with E-state index in [-0.39, 0.29) is 0 Å². The predicted molar refractivity (Wildman–Crippen MR) is 91.5 cm³/mol. The number of allylic oxidation sites excluding steroid dienone is 1. The number of aryl methyl sites for hydroxylation is 1. The van der Waals surface area contributed by atoms with Gasteiger partial charge in [-0.25, -0.2) is 0 Å². The second kappa shape index (κ2) is 6.85. The van der Waals surface area contributed by atoms with Gasteiger partial charge >= 0.3 is 0 Å². The van der Waals surface area contributed by atoms with Crippen LogP contribution in [0.15, 0.2) is 23.8 Å². The van der Waals surface area contributed by atoms with Crippen LogP contribution in [0.5, 0.6) is 5.75 Å². The van der Waals surface area contributed by atoms with Gasteiger partial charge in [-0.1, -0.05) is 18.3 Å². The summed E-state index contributed by atoms with van der Waals surface area (Å²) in [6, 6.07) is 4.06. The Labute approximate surface area is 131 Å². The van der Waals surface area contributed by atoms with Crippen molar-refractivity contribution in [2.24, 2.45) is 5.92 Å². The van der Waals surface area contributed by atoms with Gasteiger partial charge in [0.05, 0.1) is 12.1 Å². The predicted octanol–water partition coefficient (Wildman–Crippen LogP) is 3.72. The molecule has 112 valence electrons. The monoisotopic (exact) mass is 302 g/mol. The first kappa shape index (κ1) is 15.7. The summed E-state index contributed by atoms with van der Waals surface area (Å²) >= 11 is 5.37. The minimum Gasteiger partial charge on any atom is -0.496 e. The molecule has 1 saturated carbocycles. The van der Waals surface area contributed by atoms with Gasteiger partial charge in [0.25, 0.3) is 0 Å². The lowest BCUT2D eigenvalue weighted by Crippen LogP contribution is -2.20. The lowest BCUT2D eigenvalue weighted by atomic mass is 10.0. The highest BCUT2D eigenvalue weighted by Crippen LogP contribution is 2.35. The number of rotatable bonds is 6. The van der Waals surface area contributed by atoms with Crippen molar-refractivity contribution in [1.82, 2.24) is 5.32 Å². The van der Waals surface area contributed by atoms with Gasteiger partial charge < -0.3 is 15.5 Å². The van der Waals surface area contributed by atoms with Crippen LogP contribution in [0.1, 0.15) is 29.5 Å². The summed E-state index contributed by atoms with van der Waals surface area (Å²) in [7, 11) is 1.69. The van der Waals surface area contributed by atoms with E-state index in [0.29, 0.717) is 17.5 Å². The van der Waals surface area contributed by atoms with E-state index in [4.69, 9.17) is 22.4 Å². The summed E-state index contributed by atoms with van der Waals surface area (Å²) in [5.41, 5.74) is 4.62. The molecule has 0 saturated heterocycles. The molecule has 4 heteroatoms. The summed E-state index contributed by atoms with van der Waals surface area (Å²) in [5, 5.41) is 10.7. The van der Waals surface area contributed by atoms with Crippen molar-refractivity contribution in [1.29, 1.82) is 5.41 Å². The van der Waals surface area contributed by atoms with Crippen molar-refractivity contribution in [3.8, 4) is 5.75 Å². The van der Waals surface area contributed by atoms with Gasteiger partial charge in [-0.15, -0.1) is 0 Å². The van der Waals surface area contributed by atoms with Crippen molar-refractivity contribution in [3.05, 3.63) is 40.5 Å². The number of methoxy groups -OCH3 is 1. The molecule has 0 radical (unpaired) electrons. The maximum atomic E-state index is 7.44. The van der Waals surface area contributed by atoms with Crippen LogP contribution in [-0.4, -0.2) is 18.3 Å². The van der Waals surface area contributed by atoms with Crippen molar-refractivity contribution < 1.29 is 4.74 Å². The molecular formula is C17H22N2OS. The normalized spacial score (nSPS) is 14.7. The van der Waals surface area contributed by atoms with Gasteiger partial charge in [0, 0.05) is 12.8 Å². The van der Waals surface area contributed by atoms with Crippen LogP contribution in [0.25, 0.3) is 0 Å². The topological polar surface area (TPSA) is 45.1 Å². The zero-order valence-electron chi connectivity index (χ0n) is 12.8. The molecule has 0 aliphatic heterocycles. The smallest absolute Gasteiger partial charge is 0.122 e. The maximum Gasteiger partial charge on any atom is 0.122 e. The molecule has 1 aromatic carbocycles. The van der Waals surface area contributed by atoms with Crippen LogP contribution in [0.3, 0.4) is 0 Å². The Morgan fingerprint density at radius 3 is 2.71 bits per heavy atom. The Hall–Kier alpha value is -1.68. The van der Waals surface area contributed by atoms with Crippen LogP contribution in [-0.2, 0) is 6.54 Å². The van der Waals surface area contributed by atoms with Crippen LogP contribution < -0.4 is 10.1 Å². The fourth-order valence-corrected chi connectivity index (χ4v) is 2.64. The van der Waals surface area contributed by atoms with Gasteiger partial charge in [0.2, 0.25) is 0 Å². The largest absolute Gasteiger partial charge is 0.496 e. The zero-order chi connectivity index (χ0) is 15.4. The third kappa shape index (κ3) is 3.91. The number of nitrogens with one attached hydrogen (secondary N) is 2. The molecule has 2 rings (SSSR count). The molecule has 1 aliphatic carbocycles. The molecule has 0 amide bonds. The molecule has 1 fully saturated rings. The van der Waals surface area contributed by atoms with Crippen molar-refractivity contribution in [2.45, 2.75) is 33.2 Å². The second-order valence-electron chi connectivity index (χ2n) is 5.47. The molecule has 0 spiro atoms. The van der Waals surface area contributed by atoms with Crippen molar-refractivity contribution in [2.75, 3.05) is 7.11 Å². The van der Waals surface area contributed by atoms with Gasteiger partial charge in [-0.3, -0.25) is 0 Å². The molecule has 0 heterocycles. The SMILES string of the molecule is COc1ccc(C)c(CNC(=S)/C=C(\C=N)C2CC2)c1C. The number of thiocarbonyl (C=S) groups is 1. The van der Waals surface area contributed by atoms with E-state index in [0.717, 1.165) is 16.9 Å². The summed E-state index contributed by atoms with van der Waals surface area (Å²) < 4.78 is 5.37. The molecule has 21 heavy (non-hydrogen) atoms. The Morgan fingerprint density at radius 2 is 2.14 bits per heavy atom.